The molecule has 0 amide bonds. The van der Waals surface area contributed by atoms with E-state index in [4.69, 9.17) is 10.5 Å². The van der Waals surface area contributed by atoms with E-state index in [0.717, 1.165) is 31.7 Å². The molecule has 2 nitrogen and oxygen atoms in total. The van der Waals surface area contributed by atoms with Gasteiger partial charge in [-0.05, 0) is 88.9 Å². The molecule has 1 unspecified atom stereocenters. The standard InChI is InChI=1S/C20H22INO/c1-2-23-11-3-4-18-19-12-16(21)9-7-14(19)5-6-15-8-10-17(22)13-20(15)18/h5-10,12-13,18H,2-4,11,22H2,1H3. The molecule has 3 heteroatoms. The molecule has 120 valence electrons. The molecule has 23 heavy (non-hydrogen) atoms. The Morgan fingerprint density at radius 1 is 1.04 bits per heavy atom. The van der Waals surface area contributed by atoms with E-state index in [1.807, 2.05) is 13.0 Å². The molecule has 0 aliphatic heterocycles. The molecular formula is C20H22INO. The highest BCUT2D eigenvalue weighted by molar-refractivity contribution is 14.1. The summed E-state index contributed by atoms with van der Waals surface area (Å²) >= 11 is 2.39. The molecule has 1 aliphatic rings. The van der Waals surface area contributed by atoms with Crippen LogP contribution in [0.1, 0.15) is 47.9 Å². The first kappa shape index (κ1) is 16.5. The van der Waals surface area contributed by atoms with Crippen LogP contribution in [0.2, 0.25) is 0 Å². The van der Waals surface area contributed by atoms with E-state index < -0.39 is 0 Å². The second kappa shape index (κ2) is 7.49. The minimum Gasteiger partial charge on any atom is -0.399 e. The maximum absolute atomic E-state index is 6.07. The molecule has 0 saturated heterocycles. The Morgan fingerprint density at radius 2 is 1.74 bits per heavy atom. The number of anilines is 1. The Balaban J connectivity index is 2.02. The molecule has 1 atom stereocenters. The molecule has 0 bridgehead atoms. The van der Waals surface area contributed by atoms with Crippen molar-refractivity contribution in [1.82, 2.24) is 0 Å². The molecule has 2 aromatic carbocycles. The van der Waals surface area contributed by atoms with Crippen LogP contribution in [0.3, 0.4) is 0 Å². The quantitative estimate of drug-likeness (QED) is 0.405. The minimum atomic E-state index is 0.369. The summed E-state index contributed by atoms with van der Waals surface area (Å²) < 4.78 is 6.81. The highest BCUT2D eigenvalue weighted by atomic mass is 127. The molecular weight excluding hydrogens is 397 g/mol. The molecule has 0 fully saturated rings. The van der Waals surface area contributed by atoms with Gasteiger partial charge in [-0.15, -0.1) is 0 Å². The van der Waals surface area contributed by atoms with Crippen molar-refractivity contribution in [3.63, 3.8) is 0 Å². The molecule has 0 radical (unpaired) electrons. The van der Waals surface area contributed by atoms with Gasteiger partial charge >= 0.3 is 0 Å². The van der Waals surface area contributed by atoms with Crippen molar-refractivity contribution in [3.8, 4) is 0 Å². The van der Waals surface area contributed by atoms with Crippen LogP contribution in [-0.4, -0.2) is 13.2 Å². The third kappa shape index (κ3) is 3.78. The lowest BCUT2D eigenvalue weighted by molar-refractivity contribution is 0.142. The first-order chi connectivity index (χ1) is 11.2. The van der Waals surface area contributed by atoms with Crippen LogP contribution in [-0.2, 0) is 4.74 Å². The van der Waals surface area contributed by atoms with Crippen LogP contribution < -0.4 is 5.73 Å². The van der Waals surface area contributed by atoms with Crippen molar-refractivity contribution < 1.29 is 4.74 Å². The van der Waals surface area contributed by atoms with Crippen LogP contribution in [0.25, 0.3) is 12.2 Å². The minimum absolute atomic E-state index is 0.369. The third-order valence-electron chi connectivity index (χ3n) is 4.34. The number of halogens is 1. The number of benzene rings is 2. The molecule has 0 heterocycles. The van der Waals surface area contributed by atoms with Gasteiger partial charge in [-0.25, -0.2) is 0 Å². The van der Waals surface area contributed by atoms with Crippen molar-refractivity contribution in [1.29, 1.82) is 0 Å². The van der Waals surface area contributed by atoms with Crippen LogP contribution in [0.15, 0.2) is 36.4 Å². The van der Waals surface area contributed by atoms with Gasteiger partial charge in [-0.2, -0.15) is 0 Å². The van der Waals surface area contributed by atoms with Crippen molar-refractivity contribution >= 4 is 40.4 Å². The zero-order valence-electron chi connectivity index (χ0n) is 13.4. The predicted molar refractivity (Wildman–Crippen MR) is 107 cm³/mol. The van der Waals surface area contributed by atoms with Crippen molar-refractivity contribution in [2.75, 3.05) is 18.9 Å². The van der Waals surface area contributed by atoms with E-state index in [9.17, 15) is 0 Å². The van der Waals surface area contributed by atoms with Crippen LogP contribution in [0.5, 0.6) is 0 Å². The van der Waals surface area contributed by atoms with E-state index in [0.29, 0.717) is 5.92 Å². The highest BCUT2D eigenvalue weighted by Crippen LogP contribution is 2.38. The van der Waals surface area contributed by atoms with Crippen LogP contribution in [0, 0.1) is 3.57 Å². The topological polar surface area (TPSA) is 35.2 Å². The van der Waals surface area contributed by atoms with Gasteiger partial charge in [-0.1, -0.05) is 24.3 Å². The number of nitrogens with two attached hydrogens (primary N) is 1. The van der Waals surface area contributed by atoms with Gasteiger partial charge in [0.15, 0.2) is 0 Å². The van der Waals surface area contributed by atoms with Gasteiger partial charge in [0.05, 0.1) is 0 Å². The zero-order valence-corrected chi connectivity index (χ0v) is 15.5. The molecule has 0 saturated carbocycles. The molecule has 3 rings (SSSR count). The van der Waals surface area contributed by atoms with Gasteiger partial charge in [0.2, 0.25) is 0 Å². The van der Waals surface area contributed by atoms with E-state index in [-0.39, 0.29) is 0 Å². The average Bonchev–Trinajstić information content (AvgIpc) is 2.68. The van der Waals surface area contributed by atoms with Gasteiger partial charge in [0.25, 0.3) is 0 Å². The van der Waals surface area contributed by atoms with Gasteiger partial charge in [0.1, 0.15) is 0 Å². The summed E-state index contributed by atoms with van der Waals surface area (Å²) in [7, 11) is 0. The Morgan fingerprint density at radius 3 is 2.48 bits per heavy atom. The lowest BCUT2D eigenvalue weighted by atomic mass is 9.84. The van der Waals surface area contributed by atoms with E-state index in [2.05, 4.69) is 65.1 Å². The summed E-state index contributed by atoms with van der Waals surface area (Å²) in [5, 5.41) is 0. The van der Waals surface area contributed by atoms with Crippen molar-refractivity contribution in [2.24, 2.45) is 0 Å². The number of hydrogen-bond donors (Lipinski definition) is 1. The third-order valence-corrected chi connectivity index (χ3v) is 5.01. The fourth-order valence-electron chi connectivity index (χ4n) is 3.24. The lowest BCUT2D eigenvalue weighted by Crippen LogP contribution is -2.07. The summed E-state index contributed by atoms with van der Waals surface area (Å²) in [6.07, 6.45) is 6.56. The van der Waals surface area contributed by atoms with Crippen molar-refractivity contribution in [2.45, 2.75) is 25.7 Å². The first-order valence-electron chi connectivity index (χ1n) is 8.13. The number of ether oxygens (including phenoxy) is 1. The van der Waals surface area contributed by atoms with Crippen LogP contribution in [0.4, 0.5) is 5.69 Å². The summed E-state index contributed by atoms with van der Waals surface area (Å²) in [4.78, 5) is 0. The SMILES string of the molecule is CCOCCCC1c2cc(N)ccc2C=Cc2ccc(I)cc21. The van der Waals surface area contributed by atoms with Gasteiger partial charge in [0, 0.05) is 28.4 Å². The Bertz CT molecular complexity index is 668. The Labute approximate surface area is 151 Å². The molecule has 0 spiro atoms. The van der Waals surface area contributed by atoms with Gasteiger partial charge < -0.3 is 10.5 Å². The Kier molecular flexibility index (Phi) is 5.38. The van der Waals surface area contributed by atoms with Crippen LogP contribution >= 0.6 is 22.6 Å². The average molecular weight is 419 g/mol. The molecule has 2 N–H and O–H groups in total. The summed E-state index contributed by atoms with van der Waals surface area (Å²) in [5.74, 6) is 0.369. The highest BCUT2D eigenvalue weighted by Gasteiger charge is 2.21. The van der Waals surface area contributed by atoms with Gasteiger partial charge in [-0.3, -0.25) is 0 Å². The number of rotatable bonds is 5. The summed E-state index contributed by atoms with van der Waals surface area (Å²) in [6, 6.07) is 13.0. The molecule has 1 aliphatic carbocycles. The lowest BCUT2D eigenvalue weighted by Gasteiger charge is -2.21. The fourth-order valence-corrected chi connectivity index (χ4v) is 3.75. The second-order valence-corrected chi connectivity index (χ2v) is 7.13. The first-order valence-corrected chi connectivity index (χ1v) is 9.21. The normalized spacial score (nSPS) is 15.8. The maximum atomic E-state index is 6.07. The summed E-state index contributed by atoms with van der Waals surface area (Å²) in [6.45, 7) is 3.64. The maximum Gasteiger partial charge on any atom is 0.0466 e. The van der Waals surface area contributed by atoms with E-state index in [1.54, 1.807) is 0 Å². The predicted octanol–water partition coefficient (Wildman–Crippen LogP) is 5.31. The van der Waals surface area contributed by atoms with E-state index >= 15 is 0 Å². The zero-order chi connectivity index (χ0) is 16.2. The smallest absolute Gasteiger partial charge is 0.0466 e. The number of fused-ring (bicyclic) bond motifs is 2. The largest absolute Gasteiger partial charge is 0.399 e. The molecule has 2 aromatic rings. The molecule has 0 aromatic heterocycles. The number of hydrogen-bond acceptors (Lipinski definition) is 2. The monoisotopic (exact) mass is 419 g/mol. The number of nitrogen functional groups attached to an aromatic ring is 1. The van der Waals surface area contributed by atoms with Crippen molar-refractivity contribution in [3.05, 3.63) is 62.2 Å². The van der Waals surface area contributed by atoms with E-state index in [1.165, 1.54) is 25.8 Å². The Hall–Kier alpha value is -1.33. The summed E-state index contributed by atoms with van der Waals surface area (Å²) in [5.41, 5.74) is 12.2. The second-order valence-electron chi connectivity index (χ2n) is 5.89. The fraction of sp³-hybridized carbons (Fsp3) is 0.300.